The highest BCUT2D eigenvalue weighted by molar-refractivity contribution is 5.13. The molecule has 0 bridgehead atoms. The van der Waals surface area contributed by atoms with Crippen molar-refractivity contribution in [2.24, 2.45) is 5.92 Å². The van der Waals surface area contributed by atoms with E-state index in [9.17, 15) is 9.50 Å². The molecular formula is C14H20FNO2. The highest BCUT2D eigenvalue weighted by Crippen LogP contribution is 2.47. The molecule has 4 heteroatoms. The van der Waals surface area contributed by atoms with Crippen molar-refractivity contribution >= 4 is 0 Å². The number of aliphatic hydroxyl groups is 1. The first-order valence-electron chi connectivity index (χ1n) is 6.22. The Balaban J connectivity index is 2.30. The van der Waals surface area contributed by atoms with Crippen molar-refractivity contribution in [3.8, 4) is 0 Å². The number of aliphatic hydroxyl groups excluding tert-OH is 1. The zero-order valence-corrected chi connectivity index (χ0v) is 11.3. The molecular weight excluding hydrogens is 233 g/mol. The first-order valence-corrected chi connectivity index (χ1v) is 6.22. The maximum atomic E-state index is 13.7. The topological polar surface area (TPSA) is 42.4 Å². The van der Waals surface area contributed by atoms with Crippen LogP contribution in [-0.2, 0) is 4.74 Å². The summed E-state index contributed by atoms with van der Waals surface area (Å²) >= 11 is 0. The molecule has 1 saturated heterocycles. The zero-order valence-electron chi connectivity index (χ0n) is 11.3. The highest BCUT2D eigenvalue weighted by Gasteiger charge is 2.49. The van der Waals surface area contributed by atoms with Gasteiger partial charge in [-0.3, -0.25) is 4.98 Å². The van der Waals surface area contributed by atoms with Crippen LogP contribution < -0.4 is 0 Å². The van der Waals surface area contributed by atoms with Crippen molar-refractivity contribution in [1.29, 1.82) is 0 Å². The van der Waals surface area contributed by atoms with Crippen LogP contribution in [0, 0.1) is 11.7 Å². The van der Waals surface area contributed by atoms with Gasteiger partial charge in [0.25, 0.3) is 0 Å². The molecule has 0 aliphatic carbocycles. The Morgan fingerprint density at radius 2 is 2.11 bits per heavy atom. The summed E-state index contributed by atoms with van der Waals surface area (Å²) in [5.41, 5.74) is -0.690. The minimum atomic E-state index is -0.942. The van der Waals surface area contributed by atoms with Crippen LogP contribution in [0.25, 0.3) is 0 Å². The summed E-state index contributed by atoms with van der Waals surface area (Å²) in [6, 6.07) is 2.84. The number of aromatic nitrogens is 1. The van der Waals surface area contributed by atoms with Gasteiger partial charge in [0.15, 0.2) is 0 Å². The lowest BCUT2D eigenvalue weighted by atomic mass is 9.81. The van der Waals surface area contributed by atoms with E-state index >= 15 is 0 Å². The van der Waals surface area contributed by atoms with Gasteiger partial charge in [-0.1, -0.05) is 0 Å². The van der Waals surface area contributed by atoms with Crippen LogP contribution in [0.15, 0.2) is 18.3 Å². The monoisotopic (exact) mass is 253 g/mol. The average Bonchev–Trinajstić information content (AvgIpc) is 2.46. The van der Waals surface area contributed by atoms with Crippen molar-refractivity contribution in [1.82, 2.24) is 4.98 Å². The Morgan fingerprint density at radius 1 is 1.44 bits per heavy atom. The van der Waals surface area contributed by atoms with Crippen LogP contribution in [0.2, 0.25) is 0 Å². The standard InChI is InChI=1S/C14H20FNO2/c1-13(2)8-9(14(3,4)18-13)12(17)11-10(15)6-5-7-16-11/h5-7,9,12,17H,8H2,1-4H3. The molecule has 2 rings (SSSR count). The van der Waals surface area contributed by atoms with Crippen LogP contribution >= 0.6 is 0 Å². The van der Waals surface area contributed by atoms with E-state index in [0.29, 0.717) is 6.42 Å². The first-order chi connectivity index (χ1) is 8.23. The van der Waals surface area contributed by atoms with Crippen molar-refractivity contribution in [2.75, 3.05) is 0 Å². The van der Waals surface area contributed by atoms with Gasteiger partial charge in [-0.2, -0.15) is 0 Å². The quantitative estimate of drug-likeness (QED) is 0.881. The Hall–Kier alpha value is -1.00. The molecule has 18 heavy (non-hydrogen) atoms. The molecule has 2 unspecified atom stereocenters. The first kappa shape index (κ1) is 13.4. The molecule has 1 aromatic rings. The largest absolute Gasteiger partial charge is 0.386 e. The predicted octanol–water partition coefficient (Wildman–Crippen LogP) is 2.85. The second-order valence-electron chi connectivity index (χ2n) is 6.09. The van der Waals surface area contributed by atoms with Crippen molar-refractivity contribution in [2.45, 2.75) is 51.4 Å². The lowest BCUT2D eigenvalue weighted by molar-refractivity contribution is -0.0887. The normalized spacial score (nSPS) is 27.1. The Morgan fingerprint density at radius 3 is 2.61 bits per heavy atom. The van der Waals surface area contributed by atoms with Crippen molar-refractivity contribution < 1.29 is 14.2 Å². The van der Waals surface area contributed by atoms with E-state index in [1.54, 1.807) is 0 Å². The third kappa shape index (κ3) is 2.40. The van der Waals surface area contributed by atoms with Gasteiger partial charge >= 0.3 is 0 Å². The Kier molecular flexibility index (Phi) is 3.19. The van der Waals surface area contributed by atoms with Crippen molar-refractivity contribution in [3.05, 3.63) is 29.8 Å². The molecule has 1 aliphatic rings. The number of pyridine rings is 1. The summed E-state index contributed by atoms with van der Waals surface area (Å²) in [6.07, 6.45) is 1.23. The summed E-state index contributed by atoms with van der Waals surface area (Å²) in [4.78, 5) is 3.96. The molecule has 0 amide bonds. The molecule has 1 aromatic heterocycles. The number of ether oxygens (including phenoxy) is 1. The Labute approximate surface area is 107 Å². The van der Waals surface area contributed by atoms with Gasteiger partial charge in [-0.25, -0.2) is 4.39 Å². The van der Waals surface area contributed by atoms with Gasteiger partial charge < -0.3 is 9.84 Å². The summed E-state index contributed by atoms with van der Waals surface area (Å²) in [7, 11) is 0. The summed E-state index contributed by atoms with van der Waals surface area (Å²) in [5.74, 6) is -0.637. The smallest absolute Gasteiger partial charge is 0.147 e. The van der Waals surface area contributed by atoms with Gasteiger partial charge in [0.05, 0.1) is 11.2 Å². The van der Waals surface area contributed by atoms with E-state index < -0.39 is 17.5 Å². The highest BCUT2D eigenvalue weighted by atomic mass is 19.1. The maximum Gasteiger partial charge on any atom is 0.147 e. The maximum absolute atomic E-state index is 13.7. The molecule has 2 atom stereocenters. The molecule has 3 nitrogen and oxygen atoms in total. The fourth-order valence-electron chi connectivity index (χ4n) is 2.90. The summed E-state index contributed by atoms with van der Waals surface area (Å²) in [5, 5.41) is 10.4. The van der Waals surface area contributed by atoms with E-state index in [-0.39, 0.29) is 17.2 Å². The van der Waals surface area contributed by atoms with Gasteiger partial charge in [0, 0.05) is 12.1 Å². The second kappa shape index (κ2) is 4.28. The average molecular weight is 253 g/mol. The summed E-state index contributed by atoms with van der Waals surface area (Å²) < 4.78 is 19.6. The molecule has 2 heterocycles. The molecule has 0 aromatic carbocycles. The number of rotatable bonds is 2. The van der Waals surface area contributed by atoms with E-state index in [2.05, 4.69) is 4.98 Å². The second-order valence-corrected chi connectivity index (χ2v) is 6.09. The predicted molar refractivity (Wildman–Crippen MR) is 66.5 cm³/mol. The minimum absolute atomic E-state index is 0.108. The number of nitrogens with zero attached hydrogens (tertiary/aromatic N) is 1. The number of hydrogen-bond acceptors (Lipinski definition) is 3. The molecule has 1 N–H and O–H groups in total. The van der Waals surface area contributed by atoms with Crippen LogP contribution in [0.4, 0.5) is 4.39 Å². The molecule has 0 saturated carbocycles. The summed E-state index contributed by atoms with van der Waals surface area (Å²) in [6.45, 7) is 7.82. The fraction of sp³-hybridized carbons (Fsp3) is 0.643. The lowest BCUT2D eigenvalue weighted by Gasteiger charge is -2.30. The molecule has 0 spiro atoms. The van der Waals surface area contributed by atoms with Gasteiger partial charge in [0.1, 0.15) is 17.6 Å². The van der Waals surface area contributed by atoms with Crippen LogP contribution in [0.1, 0.15) is 45.9 Å². The van der Waals surface area contributed by atoms with Crippen LogP contribution in [-0.4, -0.2) is 21.3 Å². The van der Waals surface area contributed by atoms with Crippen LogP contribution in [0.3, 0.4) is 0 Å². The minimum Gasteiger partial charge on any atom is -0.386 e. The molecule has 1 fully saturated rings. The zero-order chi connectivity index (χ0) is 13.6. The Bertz CT molecular complexity index is 445. The SMILES string of the molecule is CC1(C)CC(C(O)c2ncccc2F)C(C)(C)O1. The molecule has 0 radical (unpaired) electrons. The van der Waals surface area contributed by atoms with E-state index in [1.807, 2.05) is 27.7 Å². The van der Waals surface area contributed by atoms with E-state index in [4.69, 9.17) is 4.74 Å². The van der Waals surface area contributed by atoms with Crippen LogP contribution in [0.5, 0.6) is 0 Å². The third-order valence-corrected chi connectivity index (χ3v) is 3.59. The number of hydrogen-bond donors (Lipinski definition) is 1. The van der Waals surface area contributed by atoms with E-state index in [1.165, 1.54) is 18.3 Å². The lowest BCUT2D eigenvalue weighted by Crippen LogP contribution is -2.33. The number of halogens is 1. The van der Waals surface area contributed by atoms with Gasteiger partial charge in [-0.15, -0.1) is 0 Å². The third-order valence-electron chi connectivity index (χ3n) is 3.59. The van der Waals surface area contributed by atoms with Crippen molar-refractivity contribution in [3.63, 3.8) is 0 Å². The fourth-order valence-corrected chi connectivity index (χ4v) is 2.90. The molecule has 1 aliphatic heterocycles. The molecule has 100 valence electrons. The van der Waals surface area contributed by atoms with E-state index in [0.717, 1.165) is 0 Å². The van der Waals surface area contributed by atoms with Gasteiger partial charge in [-0.05, 0) is 46.2 Å². The van der Waals surface area contributed by atoms with Gasteiger partial charge in [0.2, 0.25) is 0 Å².